The third kappa shape index (κ3) is 8.17. The summed E-state index contributed by atoms with van der Waals surface area (Å²) in [5, 5.41) is 2.66. The van der Waals surface area contributed by atoms with Gasteiger partial charge in [-0.05, 0) is 30.5 Å². The van der Waals surface area contributed by atoms with Crippen LogP contribution < -0.4 is 9.61 Å². The van der Waals surface area contributed by atoms with Crippen molar-refractivity contribution in [3.63, 3.8) is 0 Å². The fourth-order valence-corrected chi connectivity index (χ4v) is 4.09. The summed E-state index contributed by atoms with van der Waals surface area (Å²) in [6.07, 6.45) is 3.10. The van der Waals surface area contributed by atoms with E-state index < -0.39 is 18.9 Å². The number of ether oxygens (including phenoxy) is 1. The molecule has 27 heavy (non-hydrogen) atoms. The van der Waals surface area contributed by atoms with Crippen molar-refractivity contribution < 1.29 is 18.6 Å². The summed E-state index contributed by atoms with van der Waals surface area (Å²) in [5.41, 5.74) is 0.900. The predicted octanol–water partition coefficient (Wildman–Crippen LogP) is 5.35. The standard InChI is InChI=1S/C20H25ClNO4P/c1-2-3-10-15-25-20(23)19(16-17-11-6-4-7-12-17)22-27(21,24)26-18-13-8-5-9-14-18/h4-9,11-14,19H,2-3,10,15-16H2,1H3,(H,22,24)/t19-,27?/m0/s1. The number of para-hydroxylation sites is 1. The van der Waals surface area contributed by atoms with Crippen LogP contribution in [0.4, 0.5) is 0 Å². The summed E-state index contributed by atoms with van der Waals surface area (Å²) in [6, 6.07) is 17.1. The summed E-state index contributed by atoms with van der Waals surface area (Å²) in [4.78, 5) is 12.5. The van der Waals surface area contributed by atoms with Crippen LogP contribution in [0.3, 0.4) is 0 Å². The number of carbonyl (C=O) groups excluding carboxylic acids is 1. The molecule has 1 unspecified atom stereocenters. The summed E-state index contributed by atoms with van der Waals surface area (Å²) in [6.45, 7) is -1.38. The molecule has 0 aliphatic rings. The maximum absolute atomic E-state index is 12.7. The zero-order chi connectivity index (χ0) is 19.5. The zero-order valence-corrected chi connectivity index (χ0v) is 17.0. The van der Waals surface area contributed by atoms with Crippen molar-refractivity contribution >= 4 is 24.1 Å². The average Bonchev–Trinajstić information content (AvgIpc) is 2.65. The number of halogens is 1. The molecular formula is C20H25ClNO4P. The van der Waals surface area contributed by atoms with Gasteiger partial charge >= 0.3 is 12.8 Å². The Hall–Kier alpha value is -1.81. The Balaban J connectivity index is 2.05. The second-order valence-electron chi connectivity index (χ2n) is 6.13. The molecule has 0 aliphatic carbocycles. The summed E-state index contributed by atoms with van der Waals surface area (Å²) in [5.74, 6) is -0.134. The molecule has 7 heteroatoms. The number of hydrogen-bond acceptors (Lipinski definition) is 4. The predicted molar refractivity (Wildman–Crippen MR) is 108 cm³/mol. The molecular weight excluding hydrogens is 385 g/mol. The van der Waals surface area contributed by atoms with Gasteiger partial charge in [0.2, 0.25) is 0 Å². The van der Waals surface area contributed by atoms with Crippen LogP contribution in [0.5, 0.6) is 5.75 Å². The molecule has 2 aromatic carbocycles. The molecule has 2 aromatic rings. The molecule has 2 atom stereocenters. The molecule has 0 radical (unpaired) electrons. The number of esters is 1. The van der Waals surface area contributed by atoms with Crippen LogP contribution in [0.1, 0.15) is 31.7 Å². The second kappa shape index (κ2) is 11.1. The van der Waals surface area contributed by atoms with E-state index >= 15 is 0 Å². The molecule has 0 heterocycles. The number of carbonyl (C=O) groups is 1. The molecule has 2 rings (SSSR count). The number of benzene rings is 2. The van der Waals surface area contributed by atoms with Crippen molar-refractivity contribution in [1.82, 2.24) is 5.09 Å². The van der Waals surface area contributed by atoms with Crippen LogP contribution in [-0.2, 0) is 20.5 Å². The summed E-state index contributed by atoms with van der Waals surface area (Å²) >= 11 is 6.07. The van der Waals surface area contributed by atoms with Gasteiger partial charge in [0.15, 0.2) is 0 Å². The van der Waals surface area contributed by atoms with Gasteiger partial charge in [-0.15, -0.1) is 0 Å². The van der Waals surface area contributed by atoms with E-state index in [4.69, 9.17) is 20.5 Å². The molecule has 0 aliphatic heterocycles. The molecule has 0 saturated carbocycles. The number of unbranched alkanes of at least 4 members (excludes halogenated alkanes) is 2. The lowest BCUT2D eigenvalue weighted by atomic mass is 10.1. The van der Waals surface area contributed by atoms with Crippen LogP contribution in [0.15, 0.2) is 60.7 Å². The summed E-state index contributed by atoms with van der Waals surface area (Å²) in [7, 11) is 0. The minimum Gasteiger partial charge on any atom is -0.465 e. The fourth-order valence-electron chi connectivity index (χ4n) is 2.49. The third-order valence-corrected chi connectivity index (χ3v) is 5.40. The Morgan fingerprint density at radius 3 is 2.33 bits per heavy atom. The number of rotatable bonds is 11. The topological polar surface area (TPSA) is 64.6 Å². The van der Waals surface area contributed by atoms with Crippen molar-refractivity contribution in [3.8, 4) is 5.75 Å². The van der Waals surface area contributed by atoms with Crippen molar-refractivity contribution in [3.05, 3.63) is 66.2 Å². The minimum absolute atomic E-state index is 0.294. The van der Waals surface area contributed by atoms with E-state index in [2.05, 4.69) is 12.0 Å². The number of hydrogen-bond donors (Lipinski definition) is 1. The van der Waals surface area contributed by atoms with E-state index in [0.717, 1.165) is 24.8 Å². The Bertz CT molecular complexity index is 742. The van der Waals surface area contributed by atoms with Gasteiger partial charge in [0.1, 0.15) is 11.8 Å². The SMILES string of the molecule is CCCCCOC(=O)[C@H](Cc1ccccc1)NP(=O)(Cl)Oc1ccccc1. The van der Waals surface area contributed by atoms with Gasteiger partial charge in [0, 0.05) is 11.2 Å². The van der Waals surface area contributed by atoms with Gasteiger partial charge in [-0.3, -0.25) is 4.79 Å². The second-order valence-corrected chi connectivity index (χ2v) is 8.87. The summed E-state index contributed by atoms with van der Waals surface area (Å²) < 4.78 is 23.4. The lowest BCUT2D eigenvalue weighted by Crippen LogP contribution is -2.38. The minimum atomic E-state index is -3.78. The number of nitrogens with one attached hydrogen (secondary N) is 1. The van der Waals surface area contributed by atoms with Crippen LogP contribution in [0, 0.1) is 0 Å². The molecule has 0 fully saturated rings. The largest absolute Gasteiger partial charge is 0.465 e. The highest BCUT2D eigenvalue weighted by Crippen LogP contribution is 2.48. The van der Waals surface area contributed by atoms with Crippen LogP contribution >= 0.6 is 18.1 Å². The molecule has 1 N–H and O–H groups in total. The van der Waals surface area contributed by atoms with Crippen molar-refractivity contribution in [2.24, 2.45) is 0 Å². The monoisotopic (exact) mass is 409 g/mol. The quantitative estimate of drug-likeness (QED) is 0.308. The molecule has 0 saturated heterocycles. The van der Waals surface area contributed by atoms with Crippen molar-refractivity contribution in [1.29, 1.82) is 0 Å². The first kappa shape index (κ1) is 21.5. The van der Waals surface area contributed by atoms with E-state index in [-0.39, 0.29) is 0 Å². The van der Waals surface area contributed by atoms with Gasteiger partial charge in [0.25, 0.3) is 0 Å². The van der Waals surface area contributed by atoms with E-state index in [1.807, 2.05) is 36.4 Å². The van der Waals surface area contributed by atoms with Gasteiger partial charge in [-0.1, -0.05) is 68.3 Å². The molecule has 0 bridgehead atoms. The van der Waals surface area contributed by atoms with Crippen LogP contribution in [0.25, 0.3) is 0 Å². The first-order chi connectivity index (χ1) is 13.0. The van der Waals surface area contributed by atoms with Gasteiger partial charge in [0.05, 0.1) is 6.61 Å². The first-order valence-electron chi connectivity index (χ1n) is 9.03. The Morgan fingerprint density at radius 1 is 1.07 bits per heavy atom. The van der Waals surface area contributed by atoms with Crippen molar-refractivity contribution in [2.45, 2.75) is 38.6 Å². The maximum Gasteiger partial charge on any atom is 0.409 e. The lowest BCUT2D eigenvalue weighted by molar-refractivity contribution is -0.145. The van der Waals surface area contributed by atoms with Crippen LogP contribution in [0.2, 0.25) is 0 Å². The smallest absolute Gasteiger partial charge is 0.409 e. The first-order valence-corrected chi connectivity index (χ1v) is 11.6. The highest BCUT2D eigenvalue weighted by Gasteiger charge is 2.31. The van der Waals surface area contributed by atoms with E-state index in [9.17, 15) is 9.36 Å². The van der Waals surface area contributed by atoms with E-state index in [1.165, 1.54) is 0 Å². The third-order valence-electron chi connectivity index (χ3n) is 3.84. The zero-order valence-electron chi connectivity index (χ0n) is 15.3. The van der Waals surface area contributed by atoms with Gasteiger partial charge in [-0.25, -0.2) is 9.65 Å². The lowest BCUT2D eigenvalue weighted by Gasteiger charge is -2.21. The maximum atomic E-state index is 12.7. The van der Waals surface area contributed by atoms with Crippen molar-refractivity contribution in [2.75, 3.05) is 6.61 Å². The molecule has 0 aromatic heterocycles. The molecule has 0 amide bonds. The highest BCUT2D eigenvalue weighted by molar-refractivity contribution is 7.84. The Morgan fingerprint density at radius 2 is 1.70 bits per heavy atom. The van der Waals surface area contributed by atoms with Crippen LogP contribution in [-0.4, -0.2) is 18.6 Å². The van der Waals surface area contributed by atoms with Gasteiger partial charge < -0.3 is 9.26 Å². The Labute approximate surface area is 165 Å². The van der Waals surface area contributed by atoms with Gasteiger partial charge in [-0.2, -0.15) is 0 Å². The van der Waals surface area contributed by atoms with E-state index in [1.54, 1.807) is 24.3 Å². The molecule has 0 spiro atoms. The Kier molecular flexibility index (Phi) is 8.86. The van der Waals surface area contributed by atoms with E-state index in [0.29, 0.717) is 18.8 Å². The highest BCUT2D eigenvalue weighted by atomic mass is 35.7. The molecule has 5 nitrogen and oxygen atoms in total. The fraction of sp³-hybridized carbons (Fsp3) is 0.350. The normalized spacial score (nSPS) is 14.1. The molecule has 146 valence electrons. The average molecular weight is 410 g/mol.